The van der Waals surface area contributed by atoms with Crippen molar-refractivity contribution in [2.45, 2.75) is 62.6 Å². The molecule has 210 valence electrons. The van der Waals surface area contributed by atoms with Gasteiger partial charge in [-0.3, -0.25) is 14.4 Å². The highest BCUT2D eigenvalue weighted by Gasteiger charge is 2.54. The van der Waals surface area contributed by atoms with E-state index in [1.807, 2.05) is 31.2 Å². The first kappa shape index (κ1) is 26.7. The van der Waals surface area contributed by atoms with Gasteiger partial charge in [0.05, 0.1) is 18.0 Å². The molecule has 3 aromatic rings. The molecule has 0 bridgehead atoms. The van der Waals surface area contributed by atoms with E-state index in [9.17, 15) is 19.6 Å². The SMILES string of the molecule is C[C@@H](CC1(c2nnc[nH]2)c2ccc(C(N)=O)cc2CCc2cc(C(N)=O)ccc21)NCC(=O)N1[C@H](C#N)C[C@@H]2C[C@@H]21. The molecule has 4 atom stereocenters. The molecule has 1 saturated heterocycles. The number of nitrogens with zero attached hydrogens (tertiary/aromatic N) is 4. The second-order valence-electron chi connectivity index (χ2n) is 11.4. The molecule has 0 unspecified atom stereocenters. The number of rotatable bonds is 8. The van der Waals surface area contributed by atoms with Crippen LogP contribution in [0.15, 0.2) is 42.7 Å². The number of H-pyrrole nitrogens is 1. The van der Waals surface area contributed by atoms with Gasteiger partial charge in [0.15, 0.2) is 0 Å². The fourth-order valence-electron chi connectivity index (χ4n) is 6.96. The number of aryl methyl sites for hydroxylation is 2. The van der Waals surface area contributed by atoms with Gasteiger partial charge in [-0.2, -0.15) is 5.26 Å². The summed E-state index contributed by atoms with van der Waals surface area (Å²) in [5, 5.41) is 21.5. The van der Waals surface area contributed by atoms with Crippen LogP contribution in [-0.4, -0.2) is 62.5 Å². The number of carbonyl (C=O) groups is 3. The number of carbonyl (C=O) groups excluding carboxylic acids is 3. The predicted octanol–water partition coefficient (Wildman–Crippen LogP) is 1.32. The lowest BCUT2D eigenvalue weighted by Gasteiger charge is -2.37. The average molecular weight is 553 g/mol. The number of nitrogens with one attached hydrogen (secondary N) is 2. The third-order valence-corrected chi connectivity index (χ3v) is 8.94. The molecule has 2 aliphatic carbocycles. The summed E-state index contributed by atoms with van der Waals surface area (Å²) in [5.41, 5.74) is 15.0. The first-order valence-electron chi connectivity index (χ1n) is 13.9. The Morgan fingerprint density at radius 1 is 1.10 bits per heavy atom. The summed E-state index contributed by atoms with van der Waals surface area (Å²) < 4.78 is 0. The van der Waals surface area contributed by atoms with Crippen LogP contribution in [0.1, 0.15) is 75.0 Å². The molecule has 11 nitrogen and oxygen atoms in total. The molecule has 3 aliphatic rings. The highest BCUT2D eigenvalue weighted by molar-refractivity contribution is 5.94. The van der Waals surface area contributed by atoms with Crippen LogP contribution in [0.3, 0.4) is 0 Å². The maximum Gasteiger partial charge on any atom is 0.248 e. The van der Waals surface area contributed by atoms with Gasteiger partial charge in [0.1, 0.15) is 18.2 Å². The van der Waals surface area contributed by atoms with Crippen LogP contribution >= 0.6 is 0 Å². The van der Waals surface area contributed by atoms with E-state index >= 15 is 0 Å². The van der Waals surface area contributed by atoms with Gasteiger partial charge in [0.2, 0.25) is 17.7 Å². The molecule has 2 fully saturated rings. The van der Waals surface area contributed by atoms with Crippen LogP contribution in [0.4, 0.5) is 0 Å². The van der Waals surface area contributed by atoms with Crippen LogP contribution < -0.4 is 16.8 Å². The molecule has 2 aromatic carbocycles. The second kappa shape index (κ2) is 10.1. The summed E-state index contributed by atoms with van der Waals surface area (Å²) >= 11 is 0. The van der Waals surface area contributed by atoms with E-state index < -0.39 is 17.2 Å². The smallest absolute Gasteiger partial charge is 0.248 e. The van der Waals surface area contributed by atoms with E-state index in [1.165, 1.54) is 6.33 Å². The van der Waals surface area contributed by atoms with Gasteiger partial charge < -0.3 is 26.7 Å². The Labute approximate surface area is 237 Å². The number of aromatic nitrogens is 3. The van der Waals surface area contributed by atoms with Crippen molar-refractivity contribution in [1.82, 2.24) is 25.4 Å². The second-order valence-corrected chi connectivity index (χ2v) is 11.4. The Morgan fingerprint density at radius 2 is 1.73 bits per heavy atom. The number of nitrogens with two attached hydrogens (primary N) is 2. The monoisotopic (exact) mass is 552 g/mol. The molecule has 11 heteroatoms. The highest BCUT2D eigenvalue weighted by atomic mass is 16.2. The Kier molecular flexibility index (Phi) is 6.58. The molecule has 41 heavy (non-hydrogen) atoms. The van der Waals surface area contributed by atoms with Crippen molar-refractivity contribution in [3.8, 4) is 6.07 Å². The van der Waals surface area contributed by atoms with Gasteiger partial charge in [-0.1, -0.05) is 12.1 Å². The predicted molar refractivity (Wildman–Crippen MR) is 148 cm³/mol. The van der Waals surface area contributed by atoms with E-state index in [4.69, 9.17) is 11.5 Å². The minimum Gasteiger partial charge on any atom is -0.366 e. The maximum atomic E-state index is 13.2. The zero-order valence-electron chi connectivity index (χ0n) is 22.8. The molecule has 0 radical (unpaired) electrons. The molecular weight excluding hydrogens is 520 g/mol. The normalized spacial score (nSPS) is 22.4. The quantitative estimate of drug-likeness (QED) is 0.325. The first-order chi connectivity index (χ1) is 19.7. The van der Waals surface area contributed by atoms with Crippen molar-refractivity contribution in [2.75, 3.05) is 6.54 Å². The van der Waals surface area contributed by atoms with E-state index in [1.54, 1.807) is 17.0 Å². The highest BCUT2D eigenvalue weighted by Crippen LogP contribution is 2.48. The largest absolute Gasteiger partial charge is 0.366 e. The maximum absolute atomic E-state index is 13.2. The fraction of sp³-hybridized carbons (Fsp3) is 0.400. The van der Waals surface area contributed by atoms with Gasteiger partial charge in [0.25, 0.3) is 0 Å². The summed E-state index contributed by atoms with van der Waals surface area (Å²) in [4.78, 5) is 42.4. The molecule has 1 saturated carbocycles. The minimum atomic E-state index is -0.857. The van der Waals surface area contributed by atoms with E-state index in [0.29, 0.717) is 42.1 Å². The van der Waals surface area contributed by atoms with Crippen molar-refractivity contribution in [1.29, 1.82) is 5.26 Å². The van der Waals surface area contributed by atoms with E-state index in [0.717, 1.165) is 35.1 Å². The van der Waals surface area contributed by atoms with Crippen LogP contribution in [0.2, 0.25) is 0 Å². The van der Waals surface area contributed by atoms with Crippen LogP contribution in [0.5, 0.6) is 0 Å². The lowest BCUT2D eigenvalue weighted by molar-refractivity contribution is -0.131. The number of likely N-dealkylation sites (tertiary alicyclic amines) is 1. The topological polar surface area (TPSA) is 184 Å². The lowest BCUT2D eigenvalue weighted by Crippen LogP contribution is -2.46. The molecule has 1 aliphatic heterocycles. The Hall–Kier alpha value is -4.56. The zero-order valence-corrected chi connectivity index (χ0v) is 22.8. The van der Waals surface area contributed by atoms with Gasteiger partial charge >= 0.3 is 0 Å². The molecule has 1 aromatic heterocycles. The van der Waals surface area contributed by atoms with Gasteiger partial charge in [-0.05, 0) is 91.5 Å². The number of hydrogen-bond donors (Lipinski definition) is 4. The average Bonchev–Trinajstić information content (AvgIpc) is 3.35. The summed E-state index contributed by atoms with van der Waals surface area (Å²) in [5.74, 6) is -0.0449. The molecule has 6 rings (SSSR count). The molecule has 6 N–H and O–H groups in total. The van der Waals surface area contributed by atoms with Gasteiger partial charge in [-0.15, -0.1) is 10.2 Å². The molecule has 3 amide bonds. The third-order valence-electron chi connectivity index (χ3n) is 8.94. The fourth-order valence-corrected chi connectivity index (χ4v) is 6.96. The van der Waals surface area contributed by atoms with Crippen LogP contribution in [0.25, 0.3) is 0 Å². The number of benzene rings is 2. The number of hydrogen-bond acceptors (Lipinski definition) is 7. The Balaban J connectivity index is 1.40. The molecular formula is C30H32N8O3. The summed E-state index contributed by atoms with van der Waals surface area (Å²) in [6, 6.07) is 12.8. The number of aromatic amines is 1. The van der Waals surface area contributed by atoms with Crippen molar-refractivity contribution in [2.24, 2.45) is 17.4 Å². The number of piperidine rings is 1. The Morgan fingerprint density at radius 3 is 2.27 bits per heavy atom. The number of nitriles is 1. The zero-order chi connectivity index (χ0) is 28.9. The van der Waals surface area contributed by atoms with Crippen LogP contribution in [-0.2, 0) is 23.1 Å². The van der Waals surface area contributed by atoms with Crippen molar-refractivity contribution in [3.63, 3.8) is 0 Å². The van der Waals surface area contributed by atoms with E-state index in [-0.39, 0.29) is 30.6 Å². The van der Waals surface area contributed by atoms with Crippen LogP contribution in [0, 0.1) is 17.2 Å². The summed E-state index contributed by atoms with van der Waals surface area (Å²) in [6.07, 6.45) is 4.95. The minimum absolute atomic E-state index is 0.0685. The van der Waals surface area contributed by atoms with Crippen molar-refractivity contribution >= 4 is 17.7 Å². The number of amides is 3. The Bertz CT molecular complexity index is 1510. The van der Waals surface area contributed by atoms with Crippen molar-refractivity contribution < 1.29 is 14.4 Å². The first-order valence-corrected chi connectivity index (χ1v) is 13.9. The van der Waals surface area contributed by atoms with E-state index in [2.05, 4.69) is 26.6 Å². The lowest BCUT2D eigenvalue weighted by atomic mass is 9.67. The number of primary amides is 2. The van der Waals surface area contributed by atoms with Gasteiger partial charge in [-0.25, -0.2) is 0 Å². The van der Waals surface area contributed by atoms with Gasteiger partial charge in [0, 0.05) is 23.2 Å². The molecule has 2 heterocycles. The summed E-state index contributed by atoms with van der Waals surface area (Å²) in [7, 11) is 0. The molecule has 0 spiro atoms. The van der Waals surface area contributed by atoms with Crippen molar-refractivity contribution in [3.05, 3.63) is 81.9 Å². The number of fused-ring (bicyclic) bond motifs is 3. The third kappa shape index (κ3) is 4.54. The standard InChI is InChI=1S/C30H32N8O3/c1-16(34-14-26(39)38-22(13-31)10-21-11-25(21)38)12-30(29-35-15-36-37-29)23-6-4-19(27(32)40)8-17(23)2-3-18-9-20(28(33)41)5-7-24(18)30/h4-9,15-16,21-22,25,34H,2-3,10-12,14H2,1H3,(H2,32,40)(H2,33,41)(H,35,36,37)/t16-,21+,22-,25-/m0/s1. The summed E-state index contributed by atoms with van der Waals surface area (Å²) in [6.45, 7) is 2.12.